The number of halogens is 5. The van der Waals surface area contributed by atoms with Gasteiger partial charge in [0, 0.05) is 5.56 Å². The van der Waals surface area contributed by atoms with Crippen LogP contribution in [0.3, 0.4) is 0 Å². The molecule has 1 aromatic heterocycles. The van der Waals surface area contributed by atoms with Crippen molar-refractivity contribution in [3.8, 4) is 11.3 Å². The Balaban J connectivity index is 2.47. The zero-order valence-electron chi connectivity index (χ0n) is 8.15. The molecule has 0 aliphatic rings. The third-order valence-corrected chi connectivity index (χ3v) is 2.06. The van der Waals surface area contributed by atoms with E-state index in [1.165, 1.54) is 0 Å². The molecule has 0 radical (unpaired) electrons. The third kappa shape index (κ3) is 2.27. The molecule has 2 nitrogen and oxygen atoms in total. The van der Waals surface area contributed by atoms with Gasteiger partial charge in [0.1, 0.15) is 11.6 Å². The first-order valence-corrected chi connectivity index (χ1v) is 4.45. The molecule has 2 aromatic rings. The second-order valence-electron chi connectivity index (χ2n) is 3.27. The normalized spacial score (nSPS) is 11.8. The van der Waals surface area contributed by atoms with Gasteiger partial charge in [0.05, 0.1) is 11.9 Å². The second kappa shape index (κ2) is 3.83. The Morgan fingerprint density at radius 2 is 1.82 bits per heavy atom. The average molecular weight is 248 g/mol. The summed E-state index contributed by atoms with van der Waals surface area (Å²) in [5, 5.41) is 0. The molecule has 0 saturated heterocycles. The summed E-state index contributed by atoms with van der Waals surface area (Å²) in [5.41, 5.74) is -0.526. The lowest BCUT2D eigenvalue weighted by atomic mass is 10.1. The molecule has 1 N–H and O–H groups in total. The highest BCUT2D eigenvalue weighted by Crippen LogP contribution is 2.29. The molecule has 0 atom stereocenters. The second-order valence-corrected chi connectivity index (χ2v) is 3.27. The first-order chi connectivity index (χ1) is 7.88. The van der Waals surface area contributed by atoms with Crippen LogP contribution >= 0.6 is 0 Å². The largest absolute Gasteiger partial charge is 0.449 e. The van der Waals surface area contributed by atoms with Gasteiger partial charge in [-0.05, 0) is 18.2 Å². The summed E-state index contributed by atoms with van der Waals surface area (Å²) in [6.07, 6.45) is -3.84. The molecular weight excluding hydrogens is 243 g/mol. The number of aromatic nitrogens is 2. The van der Waals surface area contributed by atoms with Gasteiger partial charge in [0.2, 0.25) is 5.82 Å². The predicted molar refractivity (Wildman–Crippen MR) is 48.9 cm³/mol. The van der Waals surface area contributed by atoms with Crippen molar-refractivity contribution in [3.05, 3.63) is 41.9 Å². The van der Waals surface area contributed by atoms with E-state index in [1.54, 1.807) is 0 Å². The molecule has 0 fully saturated rings. The lowest BCUT2D eigenvalue weighted by Gasteiger charge is -2.02. The fourth-order valence-electron chi connectivity index (χ4n) is 1.31. The van der Waals surface area contributed by atoms with Gasteiger partial charge in [-0.2, -0.15) is 13.2 Å². The van der Waals surface area contributed by atoms with E-state index in [1.807, 2.05) is 4.98 Å². The number of benzene rings is 1. The van der Waals surface area contributed by atoms with E-state index in [2.05, 4.69) is 4.98 Å². The Kier molecular flexibility index (Phi) is 2.60. The first kappa shape index (κ1) is 11.6. The standard InChI is InChI=1S/C10H5F5N2/c11-5-1-2-7(12)6(3-5)8-4-16-9(17-8)10(13,14)15/h1-4H,(H,16,17). The van der Waals surface area contributed by atoms with Gasteiger partial charge in [0.25, 0.3) is 0 Å². The van der Waals surface area contributed by atoms with Crippen LogP contribution in [0.15, 0.2) is 24.4 Å². The molecule has 17 heavy (non-hydrogen) atoms. The van der Waals surface area contributed by atoms with Crippen molar-refractivity contribution >= 4 is 0 Å². The number of nitrogens with zero attached hydrogens (tertiary/aromatic N) is 1. The maximum absolute atomic E-state index is 13.3. The molecule has 0 aliphatic heterocycles. The number of aromatic amines is 1. The molecule has 1 heterocycles. The van der Waals surface area contributed by atoms with E-state index >= 15 is 0 Å². The summed E-state index contributed by atoms with van der Waals surface area (Å²) in [6.45, 7) is 0. The molecule has 2 rings (SSSR count). The van der Waals surface area contributed by atoms with Crippen molar-refractivity contribution in [2.24, 2.45) is 0 Å². The topological polar surface area (TPSA) is 28.7 Å². The number of rotatable bonds is 1. The predicted octanol–water partition coefficient (Wildman–Crippen LogP) is 3.37. The summed E-state index contributed by atoms with van der Waals surface area (Å²) >= 11 is 0. The van der Waals surface area contributed by atoms with E-state index in [9.17, 15) is 22.0 Å². The quantitative estimate of drug-likeness (QED) is 0.770. The lowest BCUT2D eigenvalue weighted by molar-refractivity contribution is -0.144. The molecule has 90 valence electrons. The summed E-state index contributed by atoms with van der Waals surface area (Å²) in [7, 11) is 0. The van der Waals surface area contributed by atoms with Gasteiger partial charge in [-0.25, -0.2) is 13.8 Å². The Bertz CT molecular complexity index is 544. The Morgan fingerprint density at radius 1 is 1.12 bits per heavy atom. The van der Waals surface area contributed by atoms with E-state index < -0.39 is 23.6 Å². The van der Waals surface area contributed by atoms with Crippen molar-refractivity contribution in [1.29, 1.82) is 0 Å². The van der Waals surface area contributed by atoms with E-state index in [-0.39, 0.29) is 11.3 Å². The fraction of sp³-hybridized carbons (Fsp3) is 0.100. The minimum atomic E-state index is -4.65. The van der Waals surface area contributed by atoms with Crippen LogP contribution in [0.2, 0.25) is 0 Å². The number of H-pyrrole nitrogens is 1. The van der Waals surface area contributed by atoms with Gasteiger partial charge in [-0.1, -0.05) is 0 Å². The Morgan fingerprint density at radius 3 is 2.41 bits per heavy atom. The molecular formula is C10H5F5N2. The van der Waals surface area contributed by atoms with Crippen molar-refractivity contribution in [2.45, 2.75) is 6.18 Å². The van der Waals surface area contributed by atoms with Crippen LogP contribution in [0, 0.1) is 11.6 Å². The summed E-state index contributed by atoms with van der Waals surface area (Å²) in [5.74, 6) is -2.83. The maximum Gasteiger partial charge on any atom is 0.449 e. The lowest BCUT2D eigenvalue weighted by Crippen LogP contribution is -2.07. The fourth-order valence-corrected chi connectivity index (χ4v) is 1.31. The van der Waals surface area contributed by atoms with Crippen LogP contribution in [-0.2, 0) is 6.18 Å². The molecule has 0 spiro atoms. The van der Waals surface area contributed by atoms with E-state index in [4.69, 9.17) is 0 Å². The minimum Gasteiger partial charge on any atom is -0.334 e. The van der Waals surface area contributed by atoms with Gasteiger partial charge in [-0.15, -0.1) is 0 Å². The number of imidazole rings is 1. The molecule has 0 unspecified atom stereocenters. The van der Waals surface area contributed by atoms with Crippen molar-refractivity contribution < 1.29 is 22.0 Å². The SMILES string of the molecule is Fc1ccc(F)c(-c2cnc(C(F)(F)F)[nH]2)c1. The van der Waals surface area contributed by atoms with Crippen LogP contribution in [-0.4, -0.2) is 9.97 Å². The number of hydrogen-bond donors (Lipinski definition) is 1. The first-order valence-electron chi connectivity index (χ1n) is 4.45. The monoisotopic (exact) mass is 248 g/mol. The third-order valence-electron chi connectivity index (χ3n) is 2.06. The van der Waals surface area contributed by atoms with Gasteiger partial charge in [0.15, 0.2) is 0 Å². The smallest absolute Gasteiger partial charge is 0.334 e. The van der Waals surface area contributed by atoms with Gasteiger partial charge >= 0.3 is 6.18 Å². The van der Waals surface area contributed by atoms with Crippen molar-refractivity contribution in [1.82, 2.24) is 9.97 Å². The Hall–Kier alpha value is -1.92. The van der Waals surface area contributed by atoms with Crippen LogP contribution in [0.1, 0.15) is 5.82 Å². The molecule has 0 amide bonds. The van der Waals surface area contributed by atoms with Gasteiger partial charge < -0.3 is 4.98 Å². The number of hydrogen-bond acceptors (Lipinski definition) is 1. The minimum absolute atomic E-state index is 0.227. The maximum atomic E-state index is 13.3. The highest BCUT2D eigenvalue weighted by atomic mass is 19.4. The molecule has 0 bridgehead atoms. The highest BCUT2D eigenvalue weighted by Gasteiger charge is 2.34. The van der Waals surface area contributed by atoms with Crippen molar-refractivity contribution in [3.63, 3.8) is 0 Å². The zero-order chi connectivity index (χ0) is 12.6. The van der Waals surface area contributed by atoms with Crippen molar-refractivity contribution in [2.75, 3.05) is 0 Å². The summed E-state index contributed by atoms with van der Waals surface area (Å²) in [6, 6.07) is 2.50. The average Bonchev–Trinajstić information content (AvgIpc) is 2.70. The number of alkyl halides is 3. The Labute approximate surface area is 92.1 Å². The van der Waals surface area contributed by atoms with E-state index in [0.717, 1.165) is 24.4 Å². The molecule has 7 heteroatoms. The number of nitrogens with one attached hydrogen (secondary N) is 1. The summed E-state index contributed by atoms with van der Waals surface area (Å²) < 4.78 is 62.8. The zero-order valence-corrected chi connectivity index (χ0v) is 8.15. The van der Waals surface area contributed by atoms with Crippen LogP contribution in [0.25, 0.3) is 11.3 Å². The summed E-state index contributed by atoms with van der Waals surface area (Å²) in [4.78, 5) is 4.96. The molecule has 1 aromatic carbocycles. The van der Waals surface area contributed by atoms with Gasteiger partial charge in [-0.3, -0.25) is 0 Å². The van der Waals surface area contributed by atoms with E-state index in [0.29, 0.717) is 0 Å². The molecule has 0 aliphatic carbocycles. The van der Waals surface area contributed by atoms with Crippen LogP contribution < -0.4 is 0 Å². The van der Waals surface area contributed by atoms with Crippen LogP contribution in [0.5, 0.6) is 0 Å². The highest BCUT2D eigenvalue weighted by molar-refractivity contribution is 5.59. The molecule has 0 saturated carbocycles. The van der Waals surface area contributed by atoms with Crippen LogP contribution in [0.4, 0.5) is 22.0 Å².